The van der Waals surface area contributed by atoms with E-state index in [1.807, 2.05) is 38.1 Å². The van der Waals surface area contributed by atoms with E-state index < -0.39 is 29.2 Å². The van der Waals surface area contributed by atoms with Crippen molar-refractivity contribution in [3.8, 4) is 5.75 Å². The van der Waals surface area contributed by atoms with E-state index in [9.17, 15) is 19.5 Å². The van der Waals surface area contributed by atoms with Crippen LogP contribution in [0, 0.1) is 13.8 Å². The van der Waals surface area contributed by atoms with Crippen LogP contribution in [-0.4, -0.2) is 60.9 Å². The lowest BCUT2D eigenvalue weighted by molar-refractivity contribution is -0.148. The number of rotatable bonds is 9. The van der Waals surface area contributed by atoms with Crippen LogP contribution in [0.2, 0.25) is 0 Å². The fourth-order valence-electron chi connectivity index (χ4n) is 3.93. The summed E-state index contributed by atoms with van der Waals surface area (Å²) in [6.45, 7) is 3.96. The number of carboxylic acid groups (broad SMARTS) is 1. The SMILES string of the molecule is Cc1cccc(OCc2ccc(C(=O)N[C@@H]3C(=O)N4C(C(=O)O)=C(CSc5nnc(C)s5)CS[C@@H]34)o2)c1. The maximum absolute atomic E-state index is 12.9. The summed E-state index contributed by atoms with van der Waals surface area (Å²) >= 11 is 4.24. The van der Waals surface area contributed by atoms with Gasteiger partial charge in [0.05, 0.1) is 0 Å². The van der Waals surface area contributed by atoms with Crippen LogP contribution in [0.3, 0.4) is 0 Å². The fraction of sp³-hybridized carbons (Fsp3) is 0.292. The summed E-state index contributed by atoms with van der Waals surface area (Å²) in [6.07, 6.45) is 0. The van der Waals surface area contributed by atoms with Gasteiger partial charge in [0.2, 0.25) is 0 Å². The second-order valence-corrected chi connectivity index (χ2v) is 11.9. The lowest BCUT2D eigenvalue weighted by Crippen LogP contribution is -2.70. The number of aryl methyl sites for hydroxylation is 2. The summed E-state index contributed by atoms with van der Waals surface area (Å²) in [5, 5.41) is 20.9. The third-order valence-corrected chi connectivity index (χ3v) is 9.07. The van der Waals surface area contributed by atoms with Crippen molar-refractivity contribution in [3.05, 3.63) is 69.8 Å². The Morgan fingerprint density at radius 2 is 2.11 bits per heavy atom. The number of β-lactam (4-membered cyclic amide) rings is 1. The monoisotopic (exact) mass is 558 g/mol. The molecule has 1 aromatic carbocycles. The average Bonchev–Trinajstić information content (AvgIpc) is 3.53. The molecular formula is C24H22N4O6S3. The number of nitrogens with one attached hydrogen (secondary N) is 1. The Morgan fingerprint density at radius 3 is 2.84 bits per heavy atom. The van der Waals surface area contributed by atoms with Crippen LogP contribution in [0.15, 0.2) is 56.4 Å². The number of furan rings is 1. The molecule has 2 amide bonds. The number of amides is 2. The van der Waals surface area contributed by atoms with Crippen molar-refractivity contribution >= 4 is 52.6 Å². The van der Waals surface area contributed by atoms with Gasteiger partial charge in [-0.1, -0.05) is 35.2 Å². The van der Waals surface area contributed by atoms with Gasteiger partial charge >= 0.3 is 5.97 Å². The van der Waals surface area contributed by atoms with Crippen molar-refractivity contribution in [2.45, 2.75) is 36.2 Å². The minimum Gasteiger partial charge on any atom is -0.486 e. The summed E-state index contributed by atoms with van der Waals surface area (Å²) in [5.41, 5.74) is 1.67. The first-order valence-corrected chi connectivity index (χ1v) is 14.1. The molecule has 0 saturated carbocycles. The van der Waals surface area contributed by atoms with Crippen molar-refractivity contribution in [2.24, 2.45) is 0 Å². The topological polar surface area (TPSA) is 135 Å². The molecule has 2 aromatic heterocycles. The Kier molecular flexibility index (Phi) is 7.26. The molecule has 0 radical (unpaired) electrons. The van der Waals surface area contributed by atoms with E-state index in [4.69, 9.17) is 9.15 Å². The summed E-state index contributed by atoms with van der Waals surface area (Å²) in [5.74, 6) is -0.170. The molecule has 2 aliphatic rings. The Labute approximate surface area is 224 Å². The molecule has 5 rings (SSSR count). The van der Waals surface area contributed by atoms with Gasteiger partial charge in [-0.05, 0) is 49.2 Å². The summed E-state index contributed by atoms with van der Waals surface area (Å²) in [7, 11) is 0. The highest BCUT2D eigenvalue weighted by atomic mass is 32.2. The van der Waals surface area contributed by atoms with E-state index >= 15 is 0 Å². The molecule has 3 aromatic rings. The quantitative estimate of drug-likeness (QED) is 0.297. The van der Waals surface area contributed by atoms with Gasteiger partial charge in [0.15, 0.2) is 10.1 Å². The predicted octanol–water partition coefficient (Wildman–Crippen LogP) is 3.47. The molecule has 2 aliphatic heterocycles. The average molecular weight is 559 g/mol. The number of nitrogens with zero attached hydrogens (tertiary/aromatic N) is 3. The van der Waals surface area contributed by atoms with Crippen LogP contribution >= 0.6 is 34.9 Å². The molecule has 0 spiro atoms. The van der Waals surface area contributed by atoms with E-state index in [0.29, 0.717) is 28.6 Å². The zero-order chi connectivity index (χ0) is 26.1. The fourth-order valence-corrected chi connectivity index (χ4v) is 7.23. The van der Waals surface area contributed by atoms with Crippen LogP contribution < -0.4 is 10.1 Å². The van der Waals surface area contributed by atoms with Crippen LogP contribution in [0.1, 0.15) is 26.9 Å². The van der Waals surface area contributed by atoms with E-state index in [-0.39, 0.29) is 18.1 Å². The van der Waals surface area contributed by atoms with Gasteiger partial charge in [-0.3, -0.25) is 14.5 Å². The molecule has 4 heterocycles. The van der Waals surface area contributed by atoms with Crippen molar-refractivity contribution in [2.75, 3.05) is 11.5 Å². The van der Waals surface area contributed by atoms with Crippen molar-refractivity contribution in [1.82, 2.24) is 20.4 Å². The van der Waals surface area contributed by atoms with Gasteiger partial charge in [-0.2, -0.15) is 0 Å². The van der Waals surface area contributed by atoms with Gasteiger partial charge in [0.25, 0.3) is 11.8 Å². The highest BCUT2D eigenvalue weighted by Crippen LogP contribution is 2.41. The molecule has 13 heteroatoms. The number of carboxylic acids is 1. The summed E-state index contributed by atoms with van der Waals surface area (Å²) in [4.78, 5) is 39.0. The Balaban J connectivity index is 1.21. The first-order chi connectivity index (χ1) is 17.8. The molecule has 2 N–H and O–H groups in total. The van der Waals surface area contributed by atoms with Gasteiger partial charge in [-0.15, -0.1) is 22.0 Å². The lowest BCUT2D eigenvalue weighted by atomic mass is 10.0. The summed E-state index contributed by atoms with van der Waals surface area (Å²) < 4.78 is 12.0. The zero-order valence-corrected chi connectivity index (χ0v) is 22.2. The van der Waals surface area contributed by atoms with E-state index in [1.54, 1.807) is 6.07 Å². The number of thioether (sulfide) groups is 2. The minimum absolute atomic E-state index is 0.0263. The van der Waals surface area contributed by atoms with Crippen LogP contribution in [-0.2, 0) is 16.2 Å². The van der Waals surface area contributed by atoms with Gasteiger partial charge in [0.1, 0.15) is 40.2 Å². The number of aliphatic carboxylic acids is 1. The van der Waals surface area contributed by atoms with E-state index in [1.165, 1.54) is 45.8 Å². The van der Waals surface area contributed by atoms with Crippen LogP contribution in [0.5, 0.6) is 5.75 Å². The van der Waals surface area contributed by atoms with Crippen molar-refractivity contribution in [1.29, 1.82) is 0 Å². The van der Waals surface area contributed by atoms with Gasteiger partial charge in [0, 0.05) is 11.5 Å². The van der Waals surface area contributed by atoms with E-state index in [0.717, 1.165) is 14.9 Å². The molecular weight excluding hydrogens is 536 g/mol. The summed E-state index contributed by atoms with van der Waals surface area (Å²) in [6, 6.07) is 9.90. The number of benzene rings is 1. The number of hydrogen-bond acceptors (Lipinski definition) is 10. The lowest BCUT2D eigenvalue weighted by Gasteiger charge is -2.49. The third kappa shape index (κ3) is 5.38. The predicted molar refractivity (Wildman–Crippen MR) is 139 cm³/mol. The standard InChI is InChI=1S/C24H22N4O6S3/c1-12-4-3-5-15(8-12)33-9-16-6-7-17(34-16)20(29)25-18-21(30)28-19(23(31)32)14(10-35-22(18)28)11-36-24-27-26-13(2)37-24/h3-8,18,22H,9-11H2,1-2H3,(H,25,29)(H,31,32)/t18-,22+/m1/s1. The maximum atomic E-state index is 12.9. The largest absolute Gasteiger partial charge is 0.486 e. The molecule has 10 nitrogen and oxygen atoms in total. The zero-order valence-electron chi connectivity index (χ0n) is 19.8. The van der Waals surface area contributed by atoms with Gasteiger partial charge in [-0.25, -0.2) is 4.79 Å². The first kappa shape index (κ1) is 25.4. The Bertz CT molecular complexity index is 1400. The highest BCUT2D eigenvalue weighted by molar-refractivity contribution is 8.01. The smallest absolute Gasteiger partial charge is 0.352 e. The molecule has 37 heavy (non-hydrogen) atoms. The second kappa shape index (κ2) is 10.6. The number of fused-ring (bicyclic) bond motifs is 1. The molecule has 1 saturated heterocycles. The molecule has 0 aliphatic carbocycles. The molecule has 0 bridgehead atoms. The number of ether oxygens (including phenoxy) is 1. The molecule has 2 atom stereocenters. The number of aromatic nitrogens is 2. The van der Waals surface area contributed by atoms with E-state index in [2.05, 4.69) is 15.5 Å². The van der Waals surface area contributed by atoms with Crippen molar-refractivity contribution in [3.63, 3.8) is 0 Å². The normalized spacial score (nSPS) is 18.9. The molecule has 0 unspecified atom stereocenters. The highest BCUT2D eigenvalue weighted by Gasteiger charge is 2.54. The second-order valence-electron chi connectivity index (χ2n) is 8.37. The van der Waals surface area contributed by atoms with Crippen molar-refractivity contribution < 1.29 is 28.6 Å². The number of carbonyl (C=O) groups excluding carboxylic acids is 2. The van der Waals surface area contributed by atoms with Gasteiger partial charge < -0.3 is 19.6 Å². The maximum Gasteiger partial charge on any atom is 0.352 e. The Morgan fingerprint density at radius 1 is 1.27 bits per heavy atom. The molecule has 192 valence electrons. The number of hydrogen-bond donors (Lipinski definition) is 2. The Hall–Kier alpha value is -3.29. The van der Waals surface area contributed by atoms with Crippen LogP contribution in [0.25, 0.3) is 0 Å². The molecule has 1 fully saturated rings. The third-order valence-electron chi connectivity index (χ3n) is 5.67. The minimum atomic E-state index is -1.17. The first-order valence-electron chi connectivity index (χ1n) is 11.2. The number of carbonyl (C=O) groups is 3. The van der Waals surface area contributed by atoms with Crippen LogP contribution in [0.4, 0.5) is 0 Å².